The van der Waals surface area contributed by atoms with Crippen LogP contribution in [0.2, 0.25) is 0 Å². The molecule has 1 aliphatic heterocycles. The molecule has 4 heteroatoms. The highest BCUT2D eigenvalue weighted by molar-refractivity contribution is 9.10. The molecule has 1 aliphatic carbocycles. The van der Waals surface area contributed by atoms with Crippen LogP contribution in [0.1, 0.15) is 17.2 Å². The zero-order valence-corrected chi connectivity index (χ0v) is 9.58. The number of halogens is 1. The lowest BCUT2D eigenvalue weighted by molar-refractivity contribution is -0.136. The van der Waals surface area contributed by atoms with Gasteiger partial charge in [-0.05, 0) is 23.3 Å². The minimum atomic E-state index is -0.0213. The fourth-order valence-electron chi connectivity index (χ4n) is 2.31. The van der Waals surface area contributed by atoms with Gasteiger partial charge < -0.3 is 10.1 Å². The molecule has 3 rings (SSSR count). The van der Waals surface area contributed by atoms with E-state index in [0.717, 1.165) is 10.9 Å². The average Bonchev–Trinajstić information content (AvgIpc) is 2.54. The van der Waals surface area contributed by atoms with Gasteiger partial charge in [-0.25, -0.2) is 0 Å². The summed E-state index contributed by atoms with van der Waals surface area (Å²) in [7, 11) is 0. The number of carbonyl (C=O) groups excluding carboxylic acids is 1. The molecular formula is C11H10BrNO2. The summed E-state index contributed by atoms with van der Waals surface area (Å²) in [6.07, 6.45) is 1.01. The van der Waals surface area contributed by atoms with Crippen molar-refractivity contribution < 1.29 is 9.53 Å². The van der Waals surface area contributed by atoms with E-state index in [1.165, 1.54) is 11.1 Å². The summed E-state index contributed by atoms with van der Waals surface area (Å²) < 4.78 is 6.58. The lowest BCUT2D eigenvalue weighted by Gasteiger charge is -2.27. The molecule has 1 aromatic rings. The Morgan fingerprint density at radius 2 is 2.33 bits per heavy atom. The van der Waals surface area contributed by atoms with Crippen molar-refractivity contribution in [2.24, 2.45) is 0 Å². The molecule has 1 aromatic carbocycles. The van der Waals surface area contributed by atoms with Gasteiger partial charge in [-0.1, -0.05) is 22.0 Å². The number of morpholine rings is 1. The first kappa shape index (κ1) is 9.36. The third-order valence-corrected chi connectivity index (χ3v) is 3.47. The van der Waals surface area contributed by atoms with Crippen molar-refractivity contribution in [1.82, 2.24) is 5.32 Å². The van der Waals surface area contributed by atoms with Crippen molar-refractivity contribution in [3.63, 3.8) is 0 Å². The third kappa shape index (κ3) is 1.48. The number of nitrogens with one attached hydrogen (secondary N) is 1. The second-order valence-corrected chi connectivity index (χ2v) is 4.86. The van der Waals surface area contributed by atoms with Crippen molar-refractivity contribution in [3.05, 3.63) is 33.8 Å². The highest BCUT2D eigenvalue weighted by Gasteiger charge is 2.37. The van der Waals surface area contributed by atoms with E-state index in [9.17, 15) is 4.79 Å². The highest BCUT2D eigenvalue weighted by atomic mass is 79.9. The molecule has 1 N–H and O–H groups in total. The molecule has 78 valence electrons. The van der Waals surface area contributed by atoms with Gasteiger partial charge in [0.1, 0.15) is 6.61 Å². The largest absolute Gasteiger partial charge is 0.366 e. The molecule has 0 saturated carbocycles. The maximum Gasteiger partial charge on any atom is 0.246 e. The van der Waals surface area contributed by atoms with Crippen molar-refractivity contribution >= 4 is 21.8 Å². The predicted octanol–water partition coefficient (Wildman–Crippen LogP) is 1.56. The van der Waals surface area contributed by atoms with E-state index in [2.05, 4.69) is 33.4 Å². The van der Waals surface area contributed by atoms with Gasteiger partial charge in [0.25, 0.3) is 0 Å². The van der Waals surface area contributed by atoms with E-state index in [-0.39, 0.29) is 24.7 Å². The highest BCUT2D eigenvalue weighted by Crippen LogP contribution is 2.36. The number of hydrogen-bond acceptors (Lipinski definition) is 2. The first-order valence-electron chi connectivity index (χ1n) is 4.93. The first-order chi connectivity index (χ1) is 7.24. The molecule has 1 saturated heterocycles. The summed E-state index contributed by atoms with van der Waals surface area (Å²) in [5, 5.41) is 2.97. The van der Waals surface area contributed by atoms with Crippen LogP contribution in [0.15, 0.2) is 22.7 Å². The molecule has 2 aliphatic rings. The number of fused-ring (bicyclic) bond motifs is 3. The molecule has 0 spiro atoms. The molecule has 15 heavy (non-hydrogen) atoms. The second-order valence-electron chi connectivity index (χ2n) is 3.94. The van der Waals surface area contributed by atoms with E-state index >= 15 is 0 Å². The maximum absolute atomic E-state index is 11.2. The van der Waals surface area contributed by atoms with Gasteiger partial charge in [0.05, 0.1) is 12.1 Å². The van der Waals surface area contributed by atoms with Crippen molar-refractivity contribution in [1.29, 1.82) is 0 Å². The van der Waals surface area contributed by atoms with Gasteiger partial charge in [-0.3, -0.25) is 4.79 Å². The van der Waals surface area contributed by atoms with E-state index in [0.29, 0.717) is 0 Å². The monoisotopic (exact) mass is 267 g/mol. The SMILES string of the molecule is O=C1COC2Cc3cc(Br)ccc3C2N1. The second kappa shape index (κ2) is 3.32. The Kier molecular flexibility index (Phi) is 2.07. The summed E-state index contributed by atoms with van der Waals surface area (Å²) in [6.45, 7) is 0.191. The van der Waals surface area contributed by atoms with Crippen LogP contribution in [0, 0.1) is 0 Å². The molecule has 1 fully saturated rings. The third-order valence-electron chi connectivity index (χ3n) is 2.98. The average molecular weight is 268 g/mol. The number of amides is 1. The Hall–Kier alpha value is -0.870. The zero-order chi connectivity index (χ0) is 10.4. The van der Waals surface area contributed by atoms with Crippen LogP contribution in [0.25, 0.3) is 0 Å². The number of ether oxygens (including phenoxy) is 1. The summed E-state index contributed by atoms with van der Waals surface area (Å²) in [5.41, 5.74) is 2.46. The van der Waals surface area contributed by atoms with Crippen LogP contribution in [0.4, 0.5) is 0 Å². The summed E-state index contributed by atoms with van der Waals surface area (Å²) >= 11 is 3.45. The van der Waals surface area contributed by atoms with E-state index in [4.69, 9.17) is 4.74 Å². The Labute approximate surface area is 95.9 Å². The van der Waals surface area contributed by atoms with Crippen LogP contribution in [-0.2, 0) is 16.0 Å². The Bertz CT molecular complexity index is 433. The standard InChI is InChI=1S/C11H10BrNO2/c12-7-1-2-8-6(3-7)4-9-11(8)13-10(14)5-15-9/h1-3,9,11H,4-5H2,(H,13,14). The Morgan fingerprint density at radius 1 is 1.47 bits per heavy atom. The first-order valence-corrected chi connectivity index (χ1v) is 5.72. The summed E-state index contributed by atoms with van der Waals surface area (Å²) in [5.74, 6) is -0.0213. The summed E-state index contributed by atoms with van der Waals surface area (Å²) in [4.78, 5) is 11.2. The number of hydrogen-bond donors (Lipinski definition) is 1. The van der Waals surface area contributed by atoms with Crippen molar-refractivity contribution in [2.75, 3.05) is 6.61 Å². The Balaban J connectivity index is 2.00. The van der Waals surface area contributed by atoms with Crippen molar-refractivity contribution in [3.8, 4) is 0 Å². The van der Waals surface area contributed by atoms with E-state index in [1.807, 2.05) is 6.07 Å². The maximum atomic E-state index is 11.2. The fraction of sp³-hybridized carbons (Fsp3) is 0.364. The molecule has 3 nitrogen and oxygen atoms in total. The fourth-order valence-corrected chi connectivity index (χ4v) is 2.72. The molecule has 1 amide bonds. The normalized spacial score (nSPS) is 28.2. The molecule has 0 radical (unpaired) electrons. The topological polar surface area (TPSA) is 38.3 Å². The van der Waals surface area contributed by atoms with Gasteiger partial charge in [0.15, 0.2) is 0 Å². The quantitative estimate of drug-likeness (QED) is 0.775. The van der Waals surface area contributed by atoms with Gasteiger partial charge in [0, 0.05) is 10.9 Å². The van der Waals surface area contributed by atoms with Gasteiger partial charge in [-0.15, -0.1) is 0 Å². The van der Waals surface area contributed by atoms with E-state index in [1.54, 1.807) is 0 Å². The minimum absolute atomic E-state index is 0.0213. The van der Waals surface area contributed by atoms with Gasteiger partial charge in [0.2, 0.25) is 5.91 Å². The molecule has 2 atom stereocenters. The van der Waals surface area contributed by atoms with Crippen LogP contribution < -0.4 is 5.32 Å². The smallest absolute Gasteiger partial charge is 0.246 e. The van der Waals surface area contributed by atoms with E-state index < -0.39 is 0 Å². The number of benzene rings is 1. The molecule has 2 unspecified atom stereocenters. The summed E-state index contributed by atoms with van der Waals surface area (Å²) in [6, 6.07) is 6.21. The molecule has 0 aromatic heterocycles. The predicted molar refractivity (Wildman–Crippen MR) is 58.5 cm³/mol. The van der Waals surface area contributed by atoms with Crippen molar-refractivity contribution in [2.45, 2.75) is 18.6 Å². The number of rotatable bonds is 0. The van der Waals surface area contributed by atoms with Gasteiger partial charge in [-0.2, -0.15) is 0 Å². The van der Waals surface area contributed by atoms with Crippen LogP contribution in [-0.4, -0.2) is 18.6 Å². The number of carbonyl (C=O) groups is 1. The minimum Gasteiger partial charge on any atom is -0.366 e. The molecular weight excluding hydrogens is 258 g/mol. The zero-order valence-electron chi connectivity index (χ0n) is 8.00. The van der Waals surface area contributed by atoms with Crippen LogP contribution in [0.5, 0.6) is 0 Å². The molecule has 0 bridgehead atoms. The molecule has 1 heterocycles. The van der Waals surface area contributed by atoms with Crippen LogP contribution >= 0.6 is 15.9 Å². The lowest BCUT2D eigenvalue weighted by atomic mass is 10.1. The lowest BCUT2D eigenvalue weighted by Crippen LogP contribution is -2.43. The van der Waals surface area contributed by atoms with Gasteiger partial charge >= 0.3 is 0 Å². The van der Waals surface area contributed by atoms with Crippen LogP contribution in [0.3, 0.4) is 0 Å². The Morgan fingerprint density at radius 3 is 3.20 bits per heavy atom.